The van der Waals surface area contributed by atoms with Crippen LogP contribution in [-0.2, 0) is 9.59 Å². The summed E-state index contributed by atoms with van der Waals surface area (Å²) in [5, 5.41) is 0. The molecule has 108 valence electrons. The van der Waals surface area contributed by atoms with Crippen LogP contribution in [0.3, 0.4) is 0 Å². The Balaban J connectivity index is 1.88. The van der Waals surface area contributed by atoms with Crippen molar-refractivity contribution in [1.29, 1.82) is 0 Å². The van der Waals surface area contributed by atoms with Crippen molar-refractivity contribution in [3.63, 3.8) is 0 Å². The van der Waals surface area contributed by atoms with Crippen molar-refractivity contribution in [2.45, 2.75) is 6.42 Å². The normalized spacial score (nSPS) is 18.1. The Morgan fingerprint density at radius 2 is 2.25 bits per heavy atom. The summed E-state index contributed by atoms with van der Waals surface area (Å²) in [5.74, 6) is -0.881. The van der Waals surface area contributed by atoms with Crippen LogP contribution in [0.1, 0.15) is 6.42 Å². The maximum absolute atomic E-state index is 12.9. The van der Waals surface area contributed by atoms with E-state index in [1.807, 2.05) is 0 Å². The Labute approximate surface area is 124 Å². The highest BCUT2D eigenvalue weighted by Crippen LogP contribution is 2.25. The van der Waals surface area contributed by atoms with E-state index in [2.05, 4.69) is 15.9 Å². The number of rotatable bonds is 4. The van der Waals surface area contributed by atoms with Crippen LogP contribution < -0.4 is 10.5 Å². The molecule has 1 aromatic carbocycles. The first-order chi connectivity index (χ1) is 9.47. The fourth-order valence-corrected chi connectivity index (χ4v) is 2.51. The number of halogens is 2. The third-order valence-electron chi connectivity index (χ3n) is 3.19. The Hall–Kier alpha value is -1.63. The zero-order valence-electron chi connectivity index (χ0n) is 10.6. The molecule has 2 amide bonds. The molecule has 1 atom stereocenters. The summed E-state index contributed by atoms with van der Waals surface area (Å²) in [4.78, 5) is 24.5. The first-order valence-corrected chi connectivity index (χ1v) is 6.91. The summed E-state index contributed by atoms with van der Waals surface area (Å²) in [5.41, 5.74) is 5.21. The van der Waals surface area contributed by atoms with E-state index in [4.69, 9.17) is 10.5 Å². The minimum atomic E-state index is -0.389. The number of hydrogen-bond donors (Lipinski definition) is 1. The van der Waals surface area contributed by atoms with Gasteiger partial charge in [-0.2, -0.15) is 0 Å². The lowest BCUT2D eigenvalue weighted by Crippen LogP contribution is -2.34. The van der Waals surface area contributed by atoms with E-state index in [0.717, 1.165) is 0 Å². The number of nitrogens with zero attached hydrogens (tertiary/aromatic N) is 1. The van der Waals surface area contributed by atoms with Crippen LogP contribution in [0, 0.1) is 11.7 Å². The van der Waals surface area contributed by atoms with Gasteiger partial charge in [0, 0.05) is 13.1 Å². The average molecular weight is 345 g/mol. The molecule has 0 saturated carbocycles. The quantitative estimate of drug-likeness (QED) is 0.894. The van der Waals surface area contributed by atoms with Gasteiger partial charge in [0.25, 0.3) is 5.91 Å². The van der Waals surface area contributed by atoms with Crippen molar-refractivity contribution in [1.82, 2.24) is 4.90 Å². The minimum Gasteiger partial charge on any atom is -0.483 e. The third kappa shape index (κ3) is 3.47. The molecule has 0 spiro atoms. The summed E-state index contributed by atoms with van der Waals surface area (Å²) in [6, 6.07) is 3.96. The highest BCUT2D eigenvalue weighted by Gasteiger charge is 2.29. The molecule has 20 heavy (non-hydrogen) atoms. The highest BCUT2D eigenvalue weighted by atomic mass is 79.9. The van der Waals surface area contributed by atoms with Gasteiger partial charge in [-0.15, -0.1) is 0 Å². The van der Waals surface area contributed by atoms with Gasteiger partial charge >= 0.3 is 0 Å². The Kier molecular flexibility index (Phi) is 4.59. The molecule has 5 nitrogen and oxygen atoms in total. The lowest BCUT2D eigenvalue weighted by molar-refractivity contribution is -0.132. The number of carbonyl (C=O) groups is 2. The van der Waals surface area contributed by atoms with E-state index in [1.165, 1.54) is 18.2 Å². The van der Waals surface area contributed by atoms with E-state index in [1.54, 1.807) is 4.90 Å². The zero-order chi connectivity index (χ0) is 14.7. The molecule has 1 aliphatic heterocycles. The van der Waals surface area contributed by atoms with Crippen LogP contribution >= 0.6 is 15.9 Å². The van der Waals surface area contributed by atoms with Crippen LogP contribution in [0.5, 0.6) is 5.75 Å². The predicted molar refractivity (Wildman–Crippen MR) is 73.5 cm³/mol. The minimum absolute atomic E-state index is 0.157. The van der Waals surface area contributed by atoms with Crippen LogP contribution in [0.2, 0.25) is 0 Å². The highest BCUT2D eigenvalue weighted by molar-refractivity contribution is 9.10. The molecule has 0 unspecified atom stereocenters. The van der Waals surface area contributed by atoms with Crippen LogP contribution in [0.15, 0.2) is 22.7 Å². The SMILES string of the molecule is NC(=O)[C@H]1CCN(C(=O)COc2ccc(F)cc2Br)C1. The van der Waals surface area contributed by atoms with E-state index in [0.29, 0.717) is 29.7 Å². The second-order valence-corrected chi connectivity index (χ2v) is 5.45. The predicted octanol–water partition coefficient (Wildman–Crippen LogP) is 1.30. The van der Waals surface area contributed by atoms with E-state index in [9.17, 15) is 14.0 Å². The van der Waals surface area contributed by atoms with Crippen molar-refractivity contribution >= 4 is 27.7 Å². The summed E-state index contributed by atoms with van der Waals surface area (Å²) in [6.07, 6.45) is 0.585. The van der Waals surface area contributed by atoms with E-state index in [-0.39, 0.29) is 30.2 Å². The van der Waals surface area contributed by atoms with Crippen molar-refractivity contribution < 1.29 is 18.7 Å². The maximum atomic E-state index is 12.9. The molecular formula is C13H14BrFN2O3. The summed E-state index contributed by atoms with van der Waals surface area (Å²) in [6.45, 7) is 0.679. The Bertz CT molecular complexity index is 538. The topological polar surface area (TPSA) is 72.6 Å². The molecule has 2 rings (SSSR count). The second-order valence-electron chi connectivity index (χ2n) is 4.59. The van der Waals surface area contributed by atoms with Gasteiger partial charge in [0.1, 0.15) is 11.6 Å². The van der Waals surface area contributed by atoms with Gasteiger partial charge in [-0.3, -0.25) is 9.59 Å². The molecule has 0 aliphatic carbocycles. The maximum Gasteiger partial charge on any atom is 0.260 e. The number of carbonyl (C=O) groups excluding carboxylic acids is 2. The molecule has 7 heteroatoms. The number of amides is 2. The first-order valence-electron chi connectivity index (χ1n) is 6.12. The number of ether oxygens (including phenoxy) is 1. The lowest BCUT2D eigenvalue weighted by atomic mass is 10.1. The van der Waals surface area contributed by atoms with E-state index < -0.39 is 0 Å². The molecule has 1 fully saturated rings. The van der Waals surface area contributed by atoms with Gasteiger partial charge in [0.2, 0.25) is 5.91 Å². The molecule has 0 aromatic heterocycles. The van der Waals surface area contributed by atoms with Gasteiger partial charge in [-0.25, -0.2) is 4.39 Å². The van der Waals surface area contributed by atoms with Gasteiger partial charge < -0.3 is 15.4 Å². The largest absolute Gasteiger partial charge is 0.483 e. The lowest BCUT2D eigenvalue weighted by Gasteiger charge is -2.16. The molecule has 1 aromatic rings. The van der Waals surface area contributed by atoms with E-state index >= 15 is 0 Å². The average Bonchev–Trinajstić information content (AvgIpc) is 2.87. The Morgan fingerprint density at radius 3 is 2.85 bits per heavy atom. The third-order valence-corrected chi connectivity index (χ3v) is 3.81. The standard InChI is InChI=1S/C13H14BrFN2O3/c14-10-5-9(15)1-2-11(10)20-7-12(18)17-4-3-8(6-17)13(16)19/h1-2,5,8H,3-4,6-7H2,(H2,16,19)/t8-/m0/s1. The van der Waals surface area contributed by atoms with Crippen molar-refractivity contribution in [2.24, 2.45) is 11.7 Å². The Morgan fingerprint density at radius 1 is 1.50 bits per heavy atom. The van der Waals surface area contributed by atoms with Crippen LogP contribution in [0.25, 0.3) is 0 Å². The molecule has 1 saturated heterocycles. The fraction of sp³-hybridized carbons (Fsp3) is 0.385. The van der Waals surface area contributed by atoms with Crippen LogP contribution in [-0.4, -0.2) is 36.4 Å². The smallest absolute Gasteiger partial charge is 0.260 e. The number of hydrogen-bond acceptors (Lipinski definition) is 3. The van der Waals surface area contributed by atoms with Gasteiger partial charge in [-0.05, 0) is 40.5 Å². The van der Waals surface area contributed by atoms with Gasteiger partial charge in [0.05, 0.1) is 10.4 Å². The molecule has 1 aliphatic rings. The summed E-state index contributed by atoms with van der Waals surface area (Å²) < 4.78 is 18.7. The number of benzene rings is 1. The van der Waals surface area contributed by atoms with Crippen LogP contribution in [0.4, 0.5) is 4.39 Å². The summed E-state index contributed by atoms with van der Waals surface area (Å²) in [7, 11) is 0. The first kappa shape index (κ1) is 14.8. The fourth-order valence-electron chi connectivity index (χ4n) is 2.04. The number of likely N-dealkylation sites (tertiary alicyclic amines) is 1. The summed E-state index contributed by atoms with van der Waals surface area (Å²) >= 11 is 3.16. The molecule has 2 N–H and O–H groups in total. The van der Waals surface area contributed by atoms with Crippen molar-refractivity contribution in [3.05, 3.63) is 28.5 Å². The van der Waals surface area contributed by atoms with Crippen molar-refractivity contribution in [2.75, 3.05) is 19.7 Å². The van der Waals surface area contributed by atoms with Gasteiger partial charge in [0.15, 0.2) is 6.61 Å². The molecule has 0 radical (unpaired) electrons. The van der Waals surface area contributed by atoms with Gasteiger partial charge in [-0.1, -0.05) is 0 Å². The monoisotopic (exact) mass is 344 g/mol. The van der Waals surface area contributed by atoms with Crippen molar-refractivity contribution in [3.8, 4) is 5.75 Å². The zero-order valence-corrected chi connectivity index (χ0v) is 12.2. The number of primary amides is 1. The second kappa shape index (κ2) is 6.21. The molecule has 0 bridgehead atoms. The number of nitrogens with two attached hydrogens (primary N) is 1. The molecular weight excluding hydrogens is 331 g/mol. The molecule has 1 heterocycles.